The molecule has 1 aromatic heterocycles. The van der Waals surface area contributed by atoms with Crippen molar-refractivity contribution in [3.8, 4) is 45.1 Å². The maximum absolute atomic E-state index is 6.80. The van der Waals surface area contributed by atoms with Crippen LogP contribution in [-0.2, 0) is 10.8 Å². The molecule has 7 aromatic carbocycles. The van der Waals surface area contributed by atoms with E-state index in [-0.39, 0.29) is 5.41 Å². The van der Waals surface area contributed by atoms with Gasteiger partial charge in [0.05, 0.1) is 16.8 Å². The van der Waals surface area contributed by atoms with Gasteiger partial charge in [0.15, 0.2) is 0 Å². The zero-order chi connectivity index (χ0) is 34.2. The highest BCUT2D eigenvalue weighted by atomic mass is 16.5. The number of para-hydroxylation sites is 1. The Morgan fingerprint density at radius 2 is 0.961 bits per heavy atom. The van der Waals surface area contributed by atoms with E-state index < -0.39 is 5.41 Å². The third-order valence-electron chi connectivity index (χ3n) is 11.1. The second kappa shape index (κ2) is 11.1. The number of rotatable bonds is 3. The molecular formula is C48H34N2O. The minimum absolute atomic E-state index is 0.145. The molecule has 51 heavy (non-hydrogen) atoms. The Morgan fingerprint density at radius 1 is 0.412 bits per heavy atom. The molecule has 2 heterocycles. The molecule has 0 saturated carbocycles. The van der Waals surface area contributed by atoms with Gasteiger partial charge >= 0.3 is 0 Å². The van der Waals surface area contributed by atoms with Crippen molar-refractivity contribution < 1.29 is 4.74 Å². The molecule has 2 aliphatic rings. The molecule has 8 aromatic rings. The van der Waals surface area contributed by atoms with E-state index in [1.807, 2.05) is 0 Å². The van der Waals surface area contributed by atoms with Crippen molar-refractivity contribution in [2.45, 2.75) is 24.7 Å². The Kier molecular flexibility index (Phi) is 6.44. The Labute approximate surface area is 297 Å². The van der Waals surface area contributed by atoms with Crippen molar-refractivity contribution >= 4 is 10.8 Å². The summed E-state index contributed by atoms with van der Waals surface area (Å²) in [6.45, 7) is 4.70. The van der Waals surface area contributed by atoms with E-state index in [2.05, 4.69) is 194 Å². The highest BCUT2D eigenvalue weighted by Gasteiger charge is 2.52. The maximum atomic E-state index is 6.80. The Hall–Kier alpha value is -6.32. The topological polar surface area (TPSA) is 35.0 Å². The molecule has 0 fully saturated rings. The second-order valence-electron chi connectivity index (χ2n) is 14.2. The van der Waals surface area contributed by atoms with Gasteiger partial charge in [-0.1, -0.05) is 159 Å². The molecule has 0 unspecified atom stereocenters. The fourth-order valence-electron chi connectivity index (χ4n) is 8.72. The van der Waals surface area contributed by atoms with E-state index in [9.17, 15) is 0 Å². The Morgan fingerprint density at radius 3 is 1.69 bits per heavy atom. The van der Waals surface area contributed by atoms with E-state index in [0.29, 0.717) is 0 Å². The molecule has 1 spiro atoms. The monoisotopic (exact) mass is 654 g/mol. The summed E-state index contributed by atoms with van der Waals surface area (Å²) in [5.74, 6) is 1.78. The number of hydrogen-bond acceptors (Lipinski definition) is 3. The first-order valence-electron chi connectivity index (χ1n) is 17.6. The number of benzene rings is 7. The first kappa shape index (κ1) is 29.6. The van der Waals surface area contributed by atoms with E-state index >= 15 is 0 Å². The average Bonchev–Trinajstić information content (AvgIpc) is 3.19. The summed E-state index contributed by atoms with van der Waals surface area (Å²) in [6.07, 6.45) is 0. The van der Waals surface area contributed by atoms with Crippen LogP contribution in [0.2, 0.25) is 0 Å². The lowest BCUT2D eigenvalue weighted by atomic mass is 9.53. The van der Waals surface area contributed by atoms with Crippen LogP contribution in [-0.4, -0.2) is 10.2 Å². The van der Waals surface area contributed by atoms with Gasteiger partial charge in [-0.05, 0) is 68.4 Å². The molecule has 1 aliphatic heterocycles. The smallest absolute Gasteiger partial charge is 0.132 e. The minimum atomic E-state index is -0.508. The molecule has 1 aliphatic carbocycles. The van der Waals surface area contributed by atoms with E-state index in [4.69, 9.17) is 4.74 Å². The van der Waals surface area contributed by atoms with Gasteiger partial charge < -0.3 is 4.74 Å². The predicted octanol–water partition coefficient (Wildman–Crippen LogP) is 11.8. The van der Waals surface area contributed by atoms with Gasteiger partial charge in [0, 0.05) is 27.7 Å². The largest absolute Gasteiger partial charge is 0.457 e. The van der Waals surface area contributed by atoms with Gasteiger partial charge in [0.25, 0.3) is 0 Å². The third kappa shape index (κ3) is 4.31. The van der Waals surface area contributed by atoms with Crippen LogP contribution in [0.5, 0.6) is 11.5 Å². The number of fused-ring (bicyclic) bond motifs is 9. The van der Waals surface area contributed by atoms with Crippen molar-refractivity contribution in [2.75, 3.05) is 0 Å². The molecule has 0 radical (unpaired) electrons. The van der Waals surface area contributed by atoms with E-state index in [0.717, 1.165) is 45.1 Å². The molecule has 0 saturated heterocycles. The van der Waals surface area contributed by atoms with Gasteiger partial charge in [-0.15, -0.1) is 10.2 Å². The number of nitrogens with zero attached hydrogens (tertiary/aromatic N) is 2. The van der Waals surface area contributed by atoms with Crippen molar-refractivity contribution in [1.29, 1.82) is 0 Å². The SMILES string of the molecule is CC1(C)c2ccccc2C2(c3ccccc3Oc3cc(-c4ccc(-c5ccc(-c6cccc7ccccc67)nn5)cc4)ccc32)c2ccccc21. The zero-order valence-corrected chi connectivity index (χ0v) is 28.5. The summed E-state index contributed by atoms with van der Waals surface area (Å²) in [5.41, 5.74) is 13.1. The predicted molar refractivity (Wildman–Crippen MR) is 206 cm³/mol. The fourth-order valence-corrected chi connectivity index (χ4v) is 8.72. The molecule has 0 N–H and O–H groups in total. The standard InChI is InChI=1S/C48H34N2O/c1-47(2)37-16-5-7-18-39(37)48(40-19-8-6-17-38(40)47)41-20-9-10-21-45(41)51-46-30-34(26-27-42(46)48)31-22-24-33(25-23-31)43-28-29-44(50-49-43)36-15-11-13-32-12-3-4-14-35(32)36/h3-30H,1-2H3. The van der Waals surface area contributed by atoms with Crippen LogP contribution in [0.25, 0.3) is 44.4 Å². The number of aromatic nitrogens is 2. The van der Waals surface area contributed by atoms with Gasteiger partial charge in [-0.25, -0.2) is 0 Å². The second-order valence-corrected chi connectivity index (χ2v) is 14.2. The first-order chi connectivity index (χ1) is 25.0. The van der Waals surface area contributed by atoms with Crippen LogP contribution in [0, 0.1) is 0 Å². The van der Waals surface area contributed by atoms with Crippen LogP contribution in [0.4, 0.5) is 0 Å². The summed E-state index contributed by atoms with van der Waals surface area (Å²) in [7, 11) is 0. The summed E-state index contributed by atoms with van der Waals surface area (Å²) < 4.78 is 6.80. The highest BCUT2D eigenvalue weighted by Crippen LogP contribution is 2.61. The average molecular weight is 655 g/mol. The number of ether oxygens (including phenoxy) is 1. The first-order valence-corrected chi connectivity index (χ1v) is 17.6. The normalized spacial score (nSPS) is 14.5. The summed E-state index contributed by atoms with van der Waals surface area (Å²) in [5, 5.41) is 11.6. The molecule has 10 rings (SSSR count). The molecule has 242 valence electrons. The lowest BCUT2D eigenvalue weighted by molar-refractivity contribution is 0.425. The maximum Gasteiger partial charge on any atom is 0.132 e. The van der Waals surface area contributed by atoms with Gasteiger partial charge in [0.1, 0.15) is 11.5 Å². The van der Waals surface area contributed by atoms with E-state index in [1.54, 1.807) is 0 Å². The highest BCUT2D eigenvalue weighted by molar-refractivity contribution is 5.95. The van der Waals surface area contributed by atoms with Crippen molar-refractivity contribution in [3.63, 3.8) is 0 Å². The van der Waals surface area contributed by atoms with Gasteiger partial charge in [-0.3, -0.25) is 0 Å². The van der Waals surface area contributed by atoms with Crippen LogP contribution < -0.4 is 4.74 Å². The fraction of sp³-hybridized carbons (Fsp3) is 0.0833. The minimum Gasteiger partial charge on any atom is -0.457 e. The molecule has 0 atom stereocenters. The van der Waals surface area contributed by atoms with Crippen molar-refractivity contribution in [1.82, 2.24) is 10.2 Å². The summed E-state index contributed by atoms with van der Waals surface area (Å²) in [6, 6.07) is 60.7. The quantitative estimate of drug-likeness (QED) is 0.190. The van der Waals surface area contributed by atoms with Crippen LogP contribution in [0.3, 0.4) is 0 Å². The summed E-state index contributed by atoms with van der Waals surface area (Å²) >= 11 is 0. The molecule has 3 heteroatoms. The van der Waals surface area contributed by atoms with Crippen LogP contribution >= 0.6 is 0 Å². The molecule has 0 bridgehead atoms. The number of hydrogen-bond donors (Lipinski definition) is 0. The zero-order valence-electron chi connectivity index (χ0n) is 28.5. The van der Waals surface area contributed by atoms with E-state index in [1.165, 1.54) is 44.2 Å². The van der Waals surface area contributed by atoms with Crippen LogP contribution in [0.1, 0.15) is 47.2 Å². The summed E-state index contributed by atoms with van der Waals surface area (Å²) in [4.78, 5) is 0. The molecule has 0 amide bonds. The van der Waals surface area contributed by atoms with Crippen LogP contribution in [0.15, 0.2) is 170 Å². The van der Waals surface area contributed by atoms with Crippen molar-refractivity contribution in [3.05, 3.63) is 203 Å². The lowest BCUT2D eigenvalue weighted by Gasteiger charge is -2.50. The Bertz CT molecular complexity index is 2580. The molecule has 3 nitrogen and oxygen atoms in total. The van der Waals surface area contributed by atoms with Crippen molar-refractivity contribution in [2.24, 2.45) is 0 Å². The Balaban J connectivity index is 1.05. The molecular weight excluding hydrogens is 621 g/mol. The third-order valence-corrected chi connectivity index (χ3v) is 11.1. The van der Waals surface area contributed by atoms with Gasteiger partial charge in [0.2, 0.25) is 0 Å². The lowest BCUT2D eigenvalue weighted by Crippen LogP contribution is -2.43. The van der Waals surface area contributed by atoms with Gasteiger partial charge in [-0.2, -0.15) is 0 Å².